The number of rotatable bonds is 5. The third-order valence-electron chi connectivity index (χ3n) is 4.61. The van der Waals surface area contributed by atoms with Gasteiger partial charge in [-0.3, -0.25) is 4.79 Å². The molecule has 0 fully saturated rings. The molecule has 4 aromatic rings. The Balaban J connectivity index is 2.08. The van der Waals surface area contributed by atoms with E-state index in [2.05, 4.69) is 72.8 Å². The fourth-order valence-electron chi connectivity index (χ4n) is 3.32. The molecule has 132 valence electrons. The molecule has 4 rings (SSSR count). The van der Waals surface area contributed by atoms with Gasteiger partial charge in [0.2, 0.25) is 0 Å². The van der Waals surface area contributed by atoms with Gasteiger partial charge >= 0.3 is 0 Å². The fourth-order valence-corrected chi connectivity index (χ4v) is 7.73. The van der Waals surface area contributed by atoms with E-state index in [4.69, 9.17) is 0 Å². The third-order valence-corrected chi connectivity index (χ3v) is 9.25. The molecule has 3 heteroatoms. The highest BCUT2D eigenvalue weighted by atomic mass is 32.1. The van der Waals surface area contributed by atoms with Crippen molar-refractivity contribution in [1.29, 1.82) is 0 Å². The van der Waals surface area contributed by atoms with Gasteiger partial charge in [0.15, 0.2) is 5.78 Å². The molecule has 0 atom stereocenters. The molecule has 0 aliphatic heterocycles. The number of Topliss-reactive ketones (excluding diaryl/α,β-unsaturated/α-hetero) is 1. The van der Waals surface area contributed by atoms with E-state index in [-0.39, 0.29) is 5.78 Å². The number of ketones is 1. The second kappa shape index (κ2) is 7.92. The zero-order valence-electron chi connectivity index (χ0n) is 14.7. The van der Waals surface area contributed by atoms with Gasteiger partial charge in [0.05, 0.1) is 0 Å². The summed E-state index contributed by atoms with van der Waals surface area (Å²) < 4.78 is 0. The van der Waals surface area contributed by atoms with E-state index in [1.807, 2.05) is 40.8 Å². The lowest BCUT2D eigenvalue weighted by molar-refractivity contribution is 0.107. The molecule has 1 aromatic heterocycles. The van der Waals surface area contributed by atoms with E-state index in [1.165, 1.54) is 15.9 Å². The Morgan fingerprint density at radius 3 is 1.48 bits per heavy atom. The van der Waals surface area contributed by atoms with Crippen LogP contribution in [0.5, 0.6) is 0 Å². The highest BCUT2D eigenvalue weighted by molar-refractivity contribution is 7.95. The average molecular weight is 386 g/mol. The smallest absolute Gasteiger partial charge is 0.187 e. The fraction of sp³-hybridized carbons (Fsp3) is 0. The summed E-state index contributed by atoms with van der Waals surface area (Å²) in [5.74, 6) is 2.07. The lowest BCUT2D eigenvalue weighted by Crippen LogP contribution is -2.28. The Hall–Kier alpha value is -2.67. The van der Waals surface area contributed by atoms with Gasteiger partial charge in [0.1, 0.15) is 0 Å². The maximum Gasteiger partial charge on any atom is 0.187 e. The van der Waals surface area contributed by atoms with E-state index < -0.39 is 6.89 Å². The molecule has 27 heavy (non-hydrogen) atoms. The normalized spacial score (nSPS) is 11.1. The standard InChI is InChI=1S/C24H19OPS/c25-24(20-16-17-27-19-20)18-26(21-10-4-1-5-11-21,22-12-6-2-7-13-22)23-14-8-3-9-15-23/h1-19H. The summed E-state index contributed by atoms with van der Waals surface area (Å²) in [6, 6.07) is 33.2. The number of carbonyl (C=O) groups excluding carboxylic acids is 1. The summed E-state index contributed by atoms with van der Waals surface area (Å²) in [5, 5.41) is 7.44. The molecule has 0 amide bonds. The monoisotopic (exact) mass is 386 g/mol. The molecular formula is C24H19OPS. The minimum absolute atomic E-state index is 0.0844. The van der Waals surface area contributed by atoms with Crippen molar-refractivity contribution < 1.29 is 4.79 Å². The van der Waals surface area contributed by atoms with Crippen LogP contribution in [0.15, 0.2) is 108 Å². The van der Waals surface area contributed by atoms with Crippen LogP contribution in [0.2, 0.25) is 0 Å². The number of thiophene rings is 1. The Morgan fingerprint density at radius 2 is 1.11 bits per heavy atom. The van der Waals surface area contributed by atoms with Crippen molar-refractivity contribution >= 4 is 45.7 Å². The van der Waals surface area contributed by atoms with Crippen LogP contribution in [-0.4, -0.2) is 11.6 Å². The van der Waals surface area contributed by atoms with Crippen molar-refractivity contribution in [1.82, 2.24) is 0 Å². The second-order valence-corrected chi connectivity index (χ2v) is 10.3. The zero-order valence-corrected chi connectivity index (χ0v) is 16.4. The summed E-state index contributed by atoms with van der Waals surface area (Å²) in [7, 11) is 0. The van der Waals surface area contributed by atoms with Crippen LogP contribution in [0, 0.1) is 0 Å². The van der Waals surface area contributed by atoms with Crippen LogP contribution >= 0.6 is 18.2 Å². The Labute approximate surface area is 163 Å². The van der Waals surface area contributed by atoms with Crippen molar-refractivity contribution in [2.45, 2.75) is 0 Å². The van der Waals surface area contributed by atoms with Crippen molar-refractivity contribution in [3.63, 3.8) is 0 Å². The van der Waals surface area contributed by atoms with Crippen LogP contribution in [0.3, 0.4) is 0 Å². The van der Waals surface area contributed by atoms with E-state index in [0.717, 1.165) is 5.56 Å². The summed E-state index contributed by atoms with van der Waals surface area (Å²) in [4.78, 5) is 13.2. The summed E-state index contributed by atoms with van der Waals surface area (Å²) in [6.07, 6.45) is 0. The lowest BCUT2D eigenvalue weighted by Gasteiger charge is -2.28. The van der Waals surface area contributed by atoms with Gasteiger partial charge < -0.3 is 0 Å². The van der Waals surface area contributed by atoms with E-state index >= 15 is 0 Å². The topological polar surface area (TPSA) is 17.1 Å². The zero-order chi connectivity index (χ0) is 18.5. The quantitative estimate of drug-likeness (QED) is 0.358. The van der Waals surface area contributed by atoms with Crippen molar-refractivity contribution in [2.75, 3.05) is 0 Å². The van der Waals surface area contributed by atoms with Gasteiger partial charge in [-0.25, -0.2) is 0 Å². The molecule has 0 aliphatic rings. The summed E-state index contributed by atoms with van der Waals surface area (Å²) in [5.41, 5.74) is 0.757. The first-order valence-electron chi connectivity index (χ1n) is 8.79. The molecule has 0 spiro atoms. The minimum Gasteiger partial charge on any atom is -0.289 e. The highest BCUT2D eigenvalue weighted by Gasteiger charge is 2.26. The molecular weight excluding hydrogens is 367 g/mol. The molecule has 0 radical (unpaired) electrons. The van der Waals surface area contributed by atoms with Gasteiger partial charge in [-0.1, -0.05) is 91.0 Å². The van der Waals surface area contributed by atoms with Crippen LogP contribution in [0.1, 0.15) is 10.4 Å². The maximum absolute atomic E-state index is 13.2. The molecule has 0 unspecified atom stereocenters. The van der Waals surface area contributed by atoms with Gasteiger partial charge in [0.25, 0.3) is 0 Å². The first-order valence-corrected chi connectivity index (χ1v) is 11.6. The molecule has 0 N–H and O–H groups in total. The molecule has 1 heterocycles. The maximum atomic E-state index is 13.2. The Morgan fingerprint density at radius 1 is 0.667 bits per heavy atom. The molecule has 0 bridgehead atoms. The van der Waals surface area contributed by atoms with Crippen molar-refractivity contribution in [3.8, 4) is 0 Å². The van der Waals surface area contributed by atoms with Gasteiger partial charge in [-0.05, 0) is 40.0 Å². The van der Waals surface area contributed by atoms with Crippen LogP contribution in [0.25, 0.3) is 0 Å². The second-order valence-electron chi connectivity index (χ2n) is 6.23. The SMILES string of the molecule is O=C(C=P(c1ccccc1)(c1ccccc1)c1ccccc1)c1ccsc1. The van der Waals surface area contributed by atoms with E-state index in [1.54, 1.807) is 11.3 Å². The van der Waals surface area contributed by atoms with Gasteiger partial charge in [-0.2, -0.15) is 11.3 Å². The summed E-state index contributed by atoms with van der Waals surface area (Å²) >= 11 is 1.55. The van der Waals surface area contributed by atoms with Crippen LogP contribution in [-0.2, 0) is 0 Å². The summed E-state index contributed by atoms with van der Waals surface area (Å²) in [6.45, 7) is -2.22. The largest absolute Gasteiger partial charge is 0.289 e. The Kier molecular flexibility index (Phi) is 5.20. The minimum atomic E-state index is -2.22. The first-order chi connectivity index (χ1) is 13.3. The van der Waals surface area contributed by atoms with Gasteiger partial charge in [0, 0.05) is 10.9 Å². The third kappa shape index (κ3) is 3.47. The number of benzene rings is 3. The van der Waals surface area contributed by atoms with Gasteiger partial charge in [-0.15, -0.1) is 0 Å². The number of carbonyl (C=O) groups is 1. The molecule has 0 saturated carbocycles. The predicted molar refractivity (Wildman–Crippen MR) is 120 cm³/mol. The molecule has 0 saturated heterocycles. The molecule has 0 aliphatic carbocycles. The molecule has 3 aromatic carbocycles. The Bertz CT molecular complexity index is 966. The molecule has 1 nitrogen and oxygen atoms in total. The van der Waals surface area contributed by atoms with E-state index in [9.17, 15) is 4.79 Å². The predicted octanol–water partition coefficient (Wildman–Crippen LogP) is 4.73. The highest BCUT2D eigenvalue weighted by Crippen LogP contribution is 2.43. The van der Waals surface area contributed by atoms with Crippen LogP contribution < -0.4 is 15.9 Å². The van der Waals surface area contributed by atoms with Crippen LogP contribution in [0.4, 0.5) is 0 Å². The number of hydrogen-bond acceptors (Lipinski definition) is 2. The van der Waals surface area contributed by atoms with E-state index in [0.29, 0.717) is 0 Å². The first kappa shape index (κ1) is 17.7. The van der Waals surface area contributed by atoms with Crippen molar-refractivity contribution in [2.24, 2.45) is 0 Å². The lowest BCUT2D eigenvalue weighted by atomic mass is 10.2. The van der Waals surface area contributed by atoms with Crippen molar-refractivity contribution in [3.05, 3.63) is 113 Å². The number of hydrogen-bond donors (Lipinski definition) is 0. The average Bonchev–Trinajstić information content (AvgIpc) is 3.29.